The molecule has 1 heterocycles. The quantitative estimate of drug-likeness (QED) is 0.387. The first-order chi connectivity index (χ1) is 18.0. The Hall–Kier alpha value is -1.18. The summed E-state index contributed by atoms with van der Waals surface area (Å²) in [5.74, 6) is -0.107. The Morgan fingerprint density at radius 1 is 0.947 bits per heavy atom. The van der Waals surface area contributed by atoms with Gasteiger partial charge in [-0.05, 0) is 117 Å². The predicted octanol–water partition coefficient (Wildman–Crippen LogP) is 7.58. The minimum Gasteiger partial charge on any atom is -0.393 e. The van der Waals surface area contributed by atoms with E-state index < -0.39 is 17.5 Å². The highest BCUT2D eigenvalue weighted by molar-refractivity contribution is 7.18. The van der Waals surface area contributed by atoms with Crippen molar-refractivity contribution in [2.75, 3.05) is 0 Å². The van der Waals surface area contributed by atoms with E-state index in [1.165, 1.54) is 13.3 Å². The number of hydrogen-bond donors (Lipinski definition) is 2. The zero-order valence-corrected chi connectivity index (χ0v) is 23.9. The van der Waals surface area contributed by atoms with E-state index in [9.17, 15) is 23.4 Å². The SMILES string of the molecule is Cc1c(F)c(F)c2nc(CCC(C)[C@H]3CC[C@H]4[C@@H]5[C@@H](O)C[C@@H]6C[C@H](O)CC[C@]6(C)[C@H]5CC[C@]34C)sc2c1F. The van der Waals surface area contributed by atoms with Crippen molar-refractivity contribution in [2.24, 2.45) is 46.3 Å². The van der Waals surface area contributed by atoms with Crippen LogP contribution in [0.4, 0.5) is 13.2 Å². The number of halogens is 3. The van der Waals surface area contributed by atoms with E-state index in [1.807, 2.05) is 0 Å². The fourth-order valence-corrected chi connectivity index (χ4v) is 11.1. The van der Waals surface area contributed by atoms with E-state index in [0.717, 1.165) is 62.7 Å². The first-order valence-corrected chi connectivity index (χ1v) is 15.6. The number of fused-ring (bicyclic) bond motifs is 6. The summed E-state index contributed by atoms with van der Waals surface area (Å²) in [5, 5.41) is 22.4. The molecule has 4 fully saturated rings. The van der Waals surface area contributed by atoms with Crippen LogP contribution in [-0.4, -0.2) is 27.4 Å². The lowest BCUT2D eigenvalue weighted by Crippen LogP contribution is -2.58. The second-order valence-electron chi connectivity index (χ2n) is 13.8. The molecule has 0 aliphatic heterocycles. The van der Waals surface area contributed by atoms with Crippen LogP contribution in [0.25, 0.3) is 10.2 Å². The molecule has 2 N–H and O–H groups in total. The molecule has 3 nitrogen and oxygen atoms in total. The Kier molecular flexibility index (Phi) is 6.71. The standard InChI is InChI=1S/C31H42F3NO2S/c1-15(5-8-23-35-28-27(34)25(32)16(2)26(33)29(28)38-23)19-6-7-20-24-21(10-12-31(19,20)4)30(3)11-9-18(36)13-17(30)14-22(24)37/h15,17-22,24,36-37H,5-14H2,1-4H3/t15?,17-,18+,19+,20-,21-,22-,24-,30-,31+/m0/s1. The molecule has 0 saturated heterocycles. The molecule has 0 radical (unpaired) electrons. The summed E-state index contributed by atoms with van der Waals surface area (Å²) in [5.41, 5.74) is -0.0552. The molecule has 0 spiro atoms. The number of aliphatic hydroxyl groups excluding tert-OH is 2. The van der Waals surface area contributed by atoms with Crippen LogP contribution in [0.5, 0.6) is 0 Å². The van der Waals surface area contributed by atoms with Crippen molar-refractivity contribution in [3.05, 3.63) is 28.0 Å². The molecule has 4 saturated carbocycles. The van der Waals surface area contributed by atoms with Gasteiger partial charge in [-0.3, -0.25) is 0 Å². The lowest BCUT2D eigenvalue weighted by Gasteiger charge is -2.62. The number of nitrogens with zero attached hydrogens (tertiary/aromatic N) is 1. The number of thiazole rings is 1. The predicted molar refractivity (Wildman–Crippen MR) is 144 cm³/mol. The van der Waals surface area contributed by atoms with Crippen molar-refractivity contribution in [2.45, 2.75) is 104 Å². The maximum absolute atomic E-state index is 14.6. The first kappa shape index (κ1) is 27.0. The van der Waals surface area contributed by atoms with Gasteiger partial charge < -0.3 is 10.2 Å². The van der Waals surface area contributed by atoms with Crippen molar-refractivity contribution >= 4 is 21.6 Å². The number of hydrogen-bond acceptors (Lipinski definition) is 4. The van der Waals surface area contributed by atoms with Crippen molar-refractivity contribution < 1.29 is 23.4 Å². The largest absolute Gasteiger partial charge is 0.393 e. The summed E-state index contributed by atoms with van der Waals surface area (Å²) in [6, 6.07) is 0. The molecule has 10 atom stereocenters. The van der Waals surface area contributed by atoms with Gasteiger partial charge in [0.05, 0.1) is 21.9 Å². The fourth-order valence-electron chi connectivity index (χ4n) is 10.0. The summed E-state index contributed by atoms with van der Waals surface area (Å²) in [6.07, 6.45) is 9.30. The smallest absolute Gasteiger partial charge is 0.186 e. The van der Waals surface area contributed by atoms with Gasteiger partial charge in [0.25, 0.3) is 0 Å². The summed E-state index contributed by atoms with van der Waals surface area (Å²) < 4.78 is 43.2. The van der Waals surface area contributed by atoms with Crippen LogP contribution in [-0.2, 0) is 6.42 Å². The second-order valence-corrected chi connectivity index (χ2v) is 14.9. The van der Waals surface area contributed by atoms with Gasteiger partial charge in [-0.1, -0.05) is 20.8 Å². The normalized spacial score (nSPS) is 41.6. The van der Waals surface area contributed by atoms with E-state index in [-0.39, 0.29) is 38.8 Å². The third kappa shape index (κ3) is 3.92. The van der Waals surface area contributed by atoms with Crippen LogP contribution in [0.3, 0.4) is 0 Å². The molecule has 2 aromatic rings. The van der Waals surface area contributed by atoms with Crippen molar-refractivity contribution in [1.29, 1.82) is 0 Å². The van der Waals surface area contributed by atoms with Gasteiger partial charge in [0.2, 0.25) is 0 Å². The lowest BCUT2D eigenvalue weighted by molar-refractivity contribution is -0.174. The highest BCUT2D eigenvalue weighted by atomic mass is 32.1. The molecular formula is C31H42F3NO2S. The number of aliphatic hydroxyl groups is 2. The number of rotatable bonds is 4. The van der Waals surface area contributed by atoms with Gasteiger partial charge in [0, 0.05) is 5.56 Å². The Labute approximate surface area is 228 Å². The molecule has 1 aromatic heterocycles. The molecular weight excluding hydrogens is 507 g/mol. The maximum atomic E-state index is 14.6. The molecule has 4 aliphatic carbocycles. The van der Waals surface area contributed by atoms with E-state index in [1.54, 1.807) is 0 Å². The minimum atomic E-state index is -1.14. The van der Waals surface area contributed by atoms with Crippen LogP contribution in [0.15, 0.2) is 0 Å². The Morgan fingerprint density at radius 2 is 1.66 bits per heavy atom. The molecule has 1 unspecified atom stereocenters. The van der Waals surface area contributed by atoms with E-state index in [4.69, 9.17) is 0 Å². The maximum Gasteiger partial charge on any atom is 0.186 e. The third-order valence-corrected chi connectivity index (χ3v) is 13.3. The van der Waals surface area contributed by atoms with Gasteiger partial charge in [-0.2, -0.15) is 0 Å². The van der Waals surface area contributed by atoms with Gasteiger partial charge in [-0.25, -0.2) is 18.2 Å². The minimum absolute atomic E-state index is 0.114. The van der Waals surface area contributed by atoms with E-state index >= 15 is 0 Å². The Balaban J connectivity index is 1.18. The average Bonchev–Trinajstić information content (AvgIpc) is 3.47. The molecule has 6 rings (SSSR count). The van der Waals surface area contributed by atoms with Crippen molar-refractivity contribution in [1.82, 2.24) is 4.98 Å². The monoisotopic (exact) mass is 549 g/mol. The molecule has 210 valence electrons. The Morgan fingerprint density at radius 3 is 2.42 bits per heavy atom. The fraction of sp³-hybridized carbons (Fsp3) is 0.774. The second kappa shape index (κ2) is 9.44. The molecule has 4 aliphatic rings. The summed E-state index contributed by atoms with van der Waals surface area (Å²) >= 11 is 1.15. The van der Waals surface area contributed by atoms with E-state index in [2.05, 4.69) is 25.8 Å². The molecule has 0 bridgehead atoms. The third-order valence-electron chi connectivity index (χ3n) is 12.2. The van der Waals surface area contributed by atoms with Crippen LogP contribution >= 0.6 is 11.3 Å². The number of benzene rings is 1. The zero-order valence-electron chi connectivity index (χ0n) is 23.1. The van der Waals surface area contributed by atoms with Crippen LogP contribution in [0.2, 0.25) is 0 Å². The highest BCUT2D eigenvalue weighted by Gasteiger charge is 2.62. The highest BCUT2D eigenvalue weighted by Crippen LogP contribution is 2.68. The van der Waals surface area contributed by atoms with Crippen LogP contribution in [0, 0.1) is 70.7 Å². The summed E-state index contributed by atoms with van der Waals surface area (Å²) in [6.45, 7) is 8.48. The molecule has 1 aromatic carbocycles. The number of aryl methyl sites for hydroxylation is 1. The topological polar surface area (TPSA) is 53.4 Å². The van der Waals surface area contributed by atoms with Gasteiger partial charge in [-0.15, -0.1) is 11.3 Å². The Bertz CT molecular complexity index is 1190. The van der Waals surface area contributed by atoms with Gasteiger partial charge >= 0.3 is 0 Å². The van der Waals surface area contributed by atoms with Gasteiger partial charge in [0.1, 0.15) is 11.3 Å². The molecule has 38 heavy (non-hydrogen) atoms. The van der Waals surface area contributed by atoms with Gasteiger partial charge in [0.15, 0.2) is 11.6 Å². The first-order valence-electron chi connectivity index (χ1n) is 14.7. The lowest BCUT2D eigenvalue weighted by atomic mass is 9.43. The van der Waals surface area contributed by atoms with Crippen molar-refractivity contribution in [3.63, 3.8) is 0 Å². The van der Waals surface area contributed by atoms with Crippen molar-refractivity contribution in [3.8, 4) is 0 Å². The molecule has 7 heteroatoms. The average molecular weight is 550 g/mol. The summed E-state index contributed by atoms with van der Waals surface area (Å²) in [4.78, 5) is 4.30. The van der Waals surface area contributed by atoms with Crippen LogP contribution < -0.4 is 0 Å². The van der Waals surface area contributed by atoms with E-state index in [0.29, 0.717) is 46.9 Å². The zero-order chi connectivity index (χ0) is 27.1. The van der Waals surface area contributed by atoms with Crippen LogP contribution in [0.1, 0.15) is 89.1 Å². The molecule has 0 amide bonds. The number of aromatic nitrogens is 1. The summed E-state index contributed by atoms with van der Waals surface area (Å²) in [7, 11) is 0.